The van der Waals surface area contributed by atoms with Gasteiger partial charge in [0, 0.05) is 43.2 Å². The SMILES string of the molecule is CCCC[C@@H](C(=O)N[C@@H](C)C(=O)N[C@H](C)C(=O)N[C@@H]1C(=O)N[C@H](Cc2ccccc2)C(=O)N[C@@H](CC)C(=O)N[C@@H](Cc2c[nH]c3ccccc23)C(=O)NC(C(N)=O)C1(S)C=NC)N1C(=O)N[C@@H](CC2CCCCC2)C1=O. The Morgan fingerprint density at radius 2 is 1.37 bits per heavy atom. The number of carbonyl (C=O) groups is 10. The van der Waals surface area contributed by atoms with Crippen LogP contribution in [0.1, 0.15) is 103 Å². The number of amides is 11. The molecule has 1 saturated carbocycles. The molecule has 3 aliphatic rings. The van der Waals surface area contributed by atoms with Gasteiger partial charge in [-0.05, 0) is 56.2 Å². The number of fused-ring (bicyclic) bond motifs is 1. The van der Waals surface area contributed by atoms with Crippen molar-refractivity contribution in [1.82, 2.24) is 52.4 Å². The van der Waals surface area contributed by atoms with Gasteiger partial charge in [-0.3, -0.25) is 48.1 Å². The molecule has 76 heavy (non-hydrogen) atoms. The Hall–Kier alpha value is -7.30. The third-order valence-electron chi connectivity index (χ3n) is 14.4. The molecule has 0 spiro atoms. The van der Waals surface area contributed by atoms with E-state index in [-0.39, 0.29) is 31.6 Å². The van der Waals surface area contributed by atoms with Crippen LogP contribution in [-0.4, -0.2) is 141 Å². The number of nitrogens with zero attached hydrogens (tertiary/aromatic N) is 2. The Morgan fingerprint density at radius 1 is 0.763 bits per heavy atom. The number of hydrogen-bond acceptors (Lipinski definition) is 12. The van der Waals surface area contributed by atoms with E-state index in [1.165, 1.54) is 20.9 Å². The maximum Gasteiger partial charge on any atom is 0.325 e. The number of nitrogens with one attached hydrogen (secondary N) is 9. The van der Waals surface area contributed by atoms with Crippen molar-refractivity contribution in [3.05, 3.63) is 71.9 Å². The molecule has 11 amide bonds. The number of para-hydroxylation sites is 1. The summed E-state index contributed by atoms with van der Waals surface area (Å²) in [5.74, 6) is -7.72. The molecule has 3 heterocycles. The van der Waals surface area contributed by atoms with Crippen molar-refractivity contribution in [2.75, 3.05) is 7.05 Å². The Morgan fingerprint density at radius 3 is 2.04 bits per heavy atom. The van der Waals surface area contributed by atoms with Gasteiger partial charge in [-0.1, -0.05) is 107 Å². The van der Waals surface area contributed by atoms with Crippen molar-refractivity contribution >= 4 is 88.9 Å². The Balaban J connectivity index is 1.28. The normalized spacial score (nSPS) is 25.3. The predicted octanol–water partition coefficient (Wildman–Crippen LogP) is 1.11. The molecule has 410 valence electrons. The summed E-state index contributed by atoms with van der Waals surface area (Å²) in [7, 11) is 1.28. The first-order chi connectivity index (χ1) is 36.3. The second kappa shape index (κ2) is 26.5. The van der Waals surface area contributed by atoms with Crippen LogP contribution in [0.3, 0.4) is 0 Å². The number of H-pyrrole nitrogens is 1. The number of urea groups is 1. The second-order valence-electron chi connectivity index (χ2n) is 20.0. The fourth-order valence-electron chi connectivity index (χ4n) is 10.1. The number of unbranched alkanes of at least 4 members (excludes halogenated alkanes) is 1. The van der Waals surface area contributed by atoms with Crippen molar-refractivity contribution in [2.45, 2.75) is 164 Å². The Bertz CT molecular complexity index is 2660. The third kappa shape index (κ3) is 14.1. The molecule has 6 rings (SSSR count). The summed E-state index contributed by atoms with van der Waals surface area (Å²) in [6.45, 7) is 6.17. The summed E-state index contributed by atoms with van der Waals surface area (Å²) in [4.78, 5) is 149. The van der Waals surface area contributed by atoms with Crippen LogP contribution in [0.4, 0.5) is 4.79 Å². The number of rotatable bonds is 19. The Labute approximate surface area is 447 Å². The summed E-state index contributed by atoms with van der Waals surface area (Å²) in [6.07, 6.45) is 9.37. The number of thiol groups is 1. The zero-order valence-corrected chi connectivity index (χ0v) is 44.5. The van der Waals surface area contributed by atoms with Crippen LogP contribution in [0.15, 0.2) is 65.8 Å². The van der Waals surface area contributed by atoms with Gasteiger partial charge < -0.3 is 53.3 Å². The number of primary amides is 1. The molecule has 11 N–H and O–H groups in total. The third-order valence-corrected chi connectivity index (χ3v) is 15.0. The van der Waals surface area contributed by atoms with Gasteiger partial charge in [-0.15, -0.1) is 0 Å². The predicted molar refractivity (Wildman–Crippen MR) is 286 cm³/mol. The summed E-state index contributed by atoms with van der Waals surface area (Å²) < 4.78 is -2.34. The van der Waals surface area contributed by atoms with E-state index in [1.54, 1.807) is 49.5 Å². The number of aliphatic imine (C=N–C) groups is 1. The van der Waals surface area contributed by atoms with Gasteiger partial charge in [0.2, 0.25) is 47.3 Å². The highest BCUT2D eigenvalue weighted by Gasteiger charge is 2.52. The minimum atomic E-state index is -2.34. The molecule has 0 radical (unpaired) electrons. The molecule has 22 nitrogen and oxygen atoms in total. The van der Waals surface area contributed by atoms with Gasteiger partial charge in [0.05, 0.1) is 0 Å². The van der Waals surface area contributed by atoms with E-state index in [2.05, 4.69) is 52.5 Å². The minimum Gasteiger partial charge on any atom is -0.368 e. The molecule has 10 atom stereocenters. The molecule has 3 aromatic rings. The summed E-state index contributed by atoms with van der Waals surface area (Å²) in [5.41, 5.74) is 7.98. The first-order valence-corrected chi connectivity index (χ1v) is 26.5. The van der Waals surface area contributed by atoms with E-state index in [0.717, 1.165) is 54.1 Å². The number of aromatic amines is 1. The first-order valence-electron chi connectivity index (χ1n) is 26.1. The van der Waals surface area contributed by atoms with E-state index in [1.807, 2.05) is 25.1 Å². The van der Waals surface area contributed by atoms with Gasteiger partial charge >= 0.3 is 6.03 Å². The molecule has 2 aromatic carbocycles. The number of nitrogens with two attached hydrogens (primary N) is 1. The Kier molecular flexibility index (Phi) is 20.2. The van der Waals surface area contributed by atoms with Crippen LogP contribution in [0, 0.1) is 5.92 Å². The lowest BCUT2D eigenvalue weighted by Crippen LogP contribution is -2.72. The lowest BCUT2D eigenvalue weighted by atomic mass is 9.85. The summed E-state index contributed by atoms with van der Waals surface area (Å²) >= 11 is 4.82. The van der Waals surface area contributed by atoms with Gasteiger partial charge in [0.25, 0.3) is 5.91 Å². The van der Waals surface area contributed by atoms with Crippen LogP contribution in [0.25, 0.3) is 10.9 Å². The first kappa shape index (κ1) is 58.0. The summed E-state index contributed by atoms with van der Waals surface area (Å²) in [5, 5.41) is 21.8. The minimum absolute atomic E-state index is 0.0572. The average Bonchev–Trinajstić information content (AvgIpc) is 3.93. The maximum absolute atomic E-state index is 15.0. The summed E-state index contributed by atoms with van der Waals surface area (Å²) in [6, 6.07) is 2.35. The maximum atomic E-state index is 15.0. The molecule has 2 aliphatic heterocycles. The van der Waals surface area contributed by atoms with Crippen LogP contribution in [-0.2, 0) is 56.0 Å². The van der Waals surface area contributed by atoms with Crippen LogP contribution in [0.2, 0.25) is 0 Å². The molecule has 3 fully saturated rings. The van der Waals surface area contributed by atoms with Gasteiger partial charge in [0.15, 0.2) is 0 Å². The molecule has 1 aliphatic carbocycles. The molecular weight excluding hydrogens is 997 g/mol. The largest absolute Gasteiger partial charge is 0.368 e. The van der Waals surface area contributed by atoms with Crippen LogP contribution >= 0.6 is 12.6 Å². The number of aromatic nitrogens is 1. The quantitative estimate of drug-likeness (QED) is 0.0462. The van der Waals surface area contributed by atoms with E-state index in [0.29, 0.717) is 30.4 Å². The lowest BCUT2D eigenvalue weighted by molar-refractivity contribution is -0.138. The van der Waals surface area contributed by atoms with E-state index in [4.69, 9.17) is 18.4 Å². The highest BCUT2D eigenvalue weighted by atomic mass is 32.1. The smallest absolute Gasteiger partial charge is 0.325 e. The number of carbonyl (C=O) groups excluding carboxylic acids is 10. The van der Waals surface area contributed by atoms with Crippen LogP contribution < -0.4 is 48.3 Å². The molecule has 0 bridgehead atoms. The fourth-order valence-corrected chi connectivity index (χ4v) is 10.6. The number of benzene rings is 2. The van der Waals surface area contributed by atoms with Gasteiger partial charge in [-0.2, -0.15) is 12.6 Å². The van der Waals surface area contributed by atoms with Crippen molar-refractivity contribution in [2.24, 2.45) is 16.6 Å². The molecule has 2 saturated heterocycles. The van der Waals surface area contributed by atoms with Gasteiger partial charge in [-0.25, -0.2) is 9.69 Å². The standard InChI is InChI=1S/C53H72N12O10S/c1-6-8-23-40(65-51(74)39(62-52(65)75)25-32-19-13-10-14-20-32)49(72)58-29(3)44(67)57-30(4)45(68)64-42-50(73)61-37(24-31-17-11-9-12-18-31)47(70)59-35(7-2)46(69)60-38(26-33-27-56-36-22-16-15-21-34(33)36)48(71)63-41(43(54)66)53(42,76)28-55-5/h9,11-12,15-18,21-22,27-30,32,35,37-42,56,76H,6-8,10,13-14,19-20,23-26H2,1-5H3,(H2,54,66)(H,57,67)(H,58,72)(H,59,70)(H,60,69)(H,61,73)(H,62,75)(H,63,71)(H,64,68)/t29-,30+,35-,37+,38-,39-,40-,41?,42+,53?/m0/s1. The monoisotopic (exact) mass is 1070 g/mol. The molecule has 23 heteroatoms. The van der Waals surface area contributed by atoms with E-state index >= 15 is 0 Å². The number of hydrogen-bond donors (Lipinski definition) is 11. The van der Waals surface area contributed by atoms with Crippen LogP contribution in [0.5, 0.6) is 0 Å². The topological polar surface area (TPSA) is 324 Å². The highest BCUT2D eigenvalue weighted by molar-refractivity contribution is 7.83. The highest BCUT2D eigenvalue weighted by Crippen LogP contribution is 2.30. The van der Waals surface area contributed by atoms with Crippen molar-refractivity contribution in [3.63, 3.8) is 0 Å². The molecular formula is C53H72N12O10S. The number of imide groups is 1. The van der Waals surface area contributed by atoms with E-state index < -0.39 is 118 Å². The zero-order valence-electron chi connectivity index (χ0n) is 43.6. The van der Waals surface area contributed by atoms with E-state index in [9.17, 15) is 47.9 Å². The van der Waals surface area contributed by atoms with Crippen molar-refractivity contribution < 1.29 is 47.9 Å². The lowest BCUT2D eigenvalue weighted by Gasteiger charge is -2.40. The van der Waals surface area contributed by atoms with Crippen molar-refractivity contribution in [1.29, 1.82) is 0 Å². The van der Waals surface area contributed by atoms with Gasteiger partial charge in [0.1, 0.15) is 59.1 Å². The zero-order chi connectivity index (χ0) is 55.3. The van der Waals surface area contributed by atoms with Crippen molar-refractivity contribution in [3.8, 4) is 0 Å². The average molecular weight is 1070 g/mol. The molecule has 2 unspecified atom stereocenters. The molecule has 1 aromatic heterocycles. The second-order valence-corrected chi connectivity index (χ2v) is 20.7. The fraction of sp³-hybridized carbons (Fsp3) is 0.528.